The van der Waals surface area contributed by atoms with E-state index in [1.54, 1.807) is 0 Å². The SMILES string of the molecule is [Ir].[c-]1ccccc1-c1nc2ccccc2n1C1C2CC3CC(C2)CC1C3. The normalized spacial score (nSPS) is 31.9. The molecule has 1 heterocycles. The molecule has 0 unspecified atom stereocenters. The number of imidazole rings is 1. The zero-order valence-corrected chi connectivity index (χ0v) is 17.2. The van der Waals surface area contributed by atoms with Crippen molar-refractivity contribution < 1.29 is 20.1 Å². The zero-order valence-electron chi connectivity index (χ0n) is 14.8. The smallest absolute Gasteiger partial charge is 0.0770 e. The van der Waals surface area contributed by atoms with Crippen molar-refractivity contribution in [2.75, 3.05) is 0 Å². The van der Waals surface area contributed by atoms with Gasteiger partial charge in [-0.3, -0.25) is 4.98 Å². The Labute approximate surface area is 168 Å². The van der Waals surface area contributed by atoms with Crippen LogP contribution in [0.15, 0.2) is 48.5 Å². The molecule has 0 N–H and O–H groups in total. The first-order valence-corrected chi connectivity index (χ1v) is 9.81. The molecule has 4 fully saturated rings. The molecule has 1 radical (unpaired) electrons. The van der Waals surface area contributed by atoms with Crippen LogP contribution in [0.4, 0.5) is 0 Å². The summed E-state index contributed by atoms with van der Waals surface area (Å²) in [7, 11) is 0. The fourth-order valence-corrected chi connectivity index (χ4v) is 6.39. The number of aromatic nitrogens is 2. The van der Waals surface area contributed by atoms with Crippen LogP contribution >= 0.6 is 0 Å². The Balaban J connectivity index is 0.00000150. The Hall–Kier alpha value is -1.44. The van der Waals surface area contributed by atoms with Crippen LogP contribution in [-0.2, 0) is 20.1 Å². The van der Waals surface area contributed by atoms with E-state index >= 15 is 0 Å². The van der Waals surface area contributed by atoms with Gasteiger partial charge in [0.15, 0.2) is 0 Å². The van der Waals surface area contributed by atoms with E-state index in [2.05, 4.69) is 47.0 Å². The van der Waals surface area contributed by atoms with Gasteiger partial charge in [0.25, 0.3) is 0 Å². The number of nitrogens with zero attached hydrogens (tertiary/aromatic N) is 2. The maximum absolute atomic E-state index is 5.05. The summed E-state index contributed by atoms with van der Waals surface area (Å²) in [6.45, 7) is 0. The fourth-order valence-electron chi connectivity index (χ4n) is 6.39. The molecule has 3 aromatic rings. The van der Waals surface area contributed by atoms with Crippen LogP contribution in [-0.4, -0.2) is 9.55 Å². The summed E-state index contributed by atoms with van der Waals surface area (Å²) < 4.78 is 2.61. The van der Waals surface area contributed by atoms with Gasteiger partial charge in [-0.2, -0.15) is 0 Å². The van der Waals surface area contributed by atoms with Crippen LogP contribution in [0.25, 0.3) is 22.4 Å². The van der Waals surface area contributed by atoms with Crippen LogP contribution in [0, 0.1) is 29.7 Å². The Morgan fingerprint density at radius 2 is 1.54 bits per heavy atom. The number of rotatable bonds is 2. The van der Waals surface area contributed by atoms with Crippen LogP contribution in [0.5, 0.6) is 0 Å². The minimum absolute atomic E-state index is 0. The number of hydrogen-bond donors (Lipinski definition) is 0. The van der Waals surface area contributed by atoms with Crippen molar-refractivity contribution in [1.82, 2.24) is 9.55 Å². The Bertz CT molecular complexity index is 902. The van der Waals surface area contributed by atoms with Gasteiger partial charge in [0, 0.05) is 26.1 Å². The van der Waals surface area contributed by atoms with E-state index in [0.29, 0.717) is 6.04 Å². The minimum Gasteiger partial charge on any atom is -0.361 e. The first kappa shape index (κ1) is 16.7. The summed E-state index contributed by atoms with van der Waals surface area (Å²) in [6.07, 6.45) is 7.23. The monoisotopic (exact) mass is 520 g/mol. The third-order valence-corrected chi connectivity index (χ3v) is 7.02. The zero-order chi connectivity index (χ0) is 16.4. The molecule has 0 aliphatic heterocycles. The van der Waals surface area contributed by atoms with E-state index in [0.717, 1.165) is 40.6 Å². The molecule has 2 aromatic carbocycles. The van der Waals surface area contributed by atoms with Crippen molar-refractivity contribution in [3.05, 3.63) is 54.6 Å². The third kappa shape index (κ3) is 2.44. The first-order chi connectivity index (χ1) is 12.4. The molecule has 2 nitrogen and oxygen atoms in total. The standard InChI is InChI=1S/C23H23N2.Ir/c1-2-6-17(7-3-1)23-24-20-8-4-5-9-21(20)25(23)22-18-11-15-10-16(13-18)14-19(22)12-15;/h1-6,8-9,15-16,18-19,22H,10-14H2;/q-1;. The largest absolute Gasteiger partial charge is 0.361 e. The molecular weight excluding hydrogens is 496 g/mol. The van der Waals surface area contributed by atoms with Crippen molar-refractivity contribution in [3.8, 4) is 11.4 Å². The average Bonchev–Trinajstić information content (AvgIpc) is 3.01. The number of hydrogen-bond acceptors (Lipinski definition) is 1. The van der Waals surface area contributed by atoms with Gasteiger partial charge in [-0.1, -0.05) is 12.1 Å². The topological polar surface area (TPSA) is 17.8 Å². The molecule has 4 aliphatic carbocycles. The third-order valence-electron chi connectivity index (χ3n) is 7.02. The van der Waals surface area contributed by atoms with Gasteiger partial charge in [-0.25, -0.2) is 0 Å². The van der Waals surface area contributed by atoms with E-state index in [9.17, 15) is 0 Å². The predicted octanol–water partition coefficient (Wildman–Crippen LogP) is 5.50. The summed E-state index contributed by atoms with van der Waals surface area (Å²) in [4.78, 5) is 5.05. The van der Waals surface area contributed by atoms with Crippen molar-refractivity contribution >= 4 is 11.0 Å². The van der Waals surface area contributed by atoms with Gasteiger partial charge in [-0.15, -0.1) is 35.9 Å². The molecule has 0 spiro atoms. The van der Waals surface area contributed by atoms with Crippen LogP contribution in [0.1, 0.15) is 38.1 Å². The molecule has 4 saturated carbocycles. The van der Waals surface area contributed by atoms with Crippen molar-refractivity contribution in [2.45, 2.75) is 38.1 Å². The van der Waals surface area contributed by atoms with Crippen LogP contribution < -0.4 is 0 Å². The molecule has 3 heteroatoms. The van der Waals surface area contributed by atoms with Gasteiger partial charge >= 0.3 is 0 Å². The van der Waals surface area contributed by atoms with E-state index in [1.165, 1.54) is 37.6 Å². The second kappa shape index (κ2) is 6.32. The molecule has 0 amide bonds. The van der Waals surface area contributed by atoms with E-state index < -0.39 is 0 Å². The molecule has 135 valence electrons. The van der Waals surface area contributed by atoms with E-state index in [-0.39, 0.29) is 20.1 Å². The molecule has 0 atom stereocenters. The van der Waals surface area contributed by atoms with Gasteiger partial charge in [-0.05, 0) is 67.9 Å². The maximum atomic E-state index is 5.05. The second-order valence-corrected chi connectivity index (χ2v) is 8.49. The number of benzene rings is 2. The second-order valence-electron chi connectivity index (χ2n) is 8.49. The molecule has 0 saturated heterocycles. The molecule has 4 bridgehead atoms. The summed E-state index contributed by atoms with van der Waals surface area (Å²) in [6, 6.07) is 21.1. The van der Waals surface area contributed by atoms with Gasteiger partial charge in [0.1, 0.15) is 0 Å². The van der Waals surface area contributed by atoms with Crippen LogP contribution in [0.2, 0.25) is 0 Å². The summed E-state index contributed by atoms with van der Waals surface area (Å²) in [5.74, 6) is 4.81. The Morgan fingerprint density at radius 3 is 2.23 bits per heavy atom. The van der Waals surface area contributed by atoms with E-state index in [4.69, 9.17) is 4.98 Å². The summed E-state index contributed by atoms with van der Waals surface area (Å²) >= 11 is 0. The van der Waals surface area contributed by atoms with Gasteiger partial charge in [0.05, 0.1) is 16.9 Å². The van der Waals surface area contributed by atoms with Gasteiger partial charge < -0.3 is 4.57 Å². The van der Waals surface area contributed by atoms with Crippen molar-refractivity contribution in [2.24, 2.45) is 23.7 Å². The molecule has 7 rings (SSSR count). The number of para-hydroxylation sites is 2. The van der Waals surface area contributed by atoms with Gasteiger partial charge in [0.2, 0.25) is 0 Å². The Morgan fingerprint density at radius 1 is 0.846 bits per heavy atom. The van der Waals surface area contributed by atoms with Crippen LogP contribution in [0.3, 0.4) is 0 Å². The molecule has 26 heavy (non-hydrogen) atoms. The first-order valence-electron chi connectivity index (χ1n) is 9.81. The van der Waals surface area contributed by atoms with Crippen molar-refractivity contribution in [1.29, 1.82) is 0 Å². The fraction of sp³-hybridized carbons (Fsp3) is 0.435. The van der Waals surface area contributed by atoms with Crippen molar-refractivity contribution in [3.63, 3.8) is 0 Å². The predicted molar refractivity (Wildman–Crippen MR) is 100 cm³/mol. The molecule has 4 aliphatic rings. The molecular formula is C23H23IrN2-. The summed E-state index contributed by atoms with van der Waals surface area (Å²) in [5.41, 5.74) is 3.57. The molecule has 1 aromatic heterocycles. The maximum Gasteiger partial charge on any atom is 0.0770 e. The summed E-state index contributed by atoms with van der Waals surface area (Å²) in [5, 5.41) is 0. The quantitative estimate of drug-likeness (QED) is 0.409. The number of fused-ring (bicyclic) bond motifs is 1. The minimum atomic E-state index is 0. The Kier molecular flexibility index (Phi) is 4.06. The van der Waals surface area contributed by atoms with E-state index in [1.807, 2.05) is 12.1 Å². The average molecular weight is 520 g/mol.